The average Bonchev–Trinajstić information content (AvgIpc) is 2.78. The number of likely N-dealkylation sites (tertiary alicyclic amines) is 1. The van der Waals surface area contributed by atoms with Crippen molar-refractivity contribution in [3.63, 3.8) is 0 Å². The molecule has 1 aliphatic heterocycles. The van der Waals surface area contributed by atoms with Crippen LogP contribution < -0.4 is 4.74 Å². The Labute approximate surface area is 125 Å². The number of hydrogen-bond donors (Lipinski definition) is 1. The van der Waals surface area contributed by atoms with E-state index < -0.39 is 0 Å². The van der Waals surface area contributed by atoms with Crippen LogP contribution in [0, 0.1) is 5.92 Å². The first-order chi connectivity index (χ1) is 9.49. The maximum atomic E-state index is 9.74. The summed E-state index contributed by atoms with van der Waals surface area (Å²) in [7, 11) is 5.82. The summed E-state index contributed by atoms with van der Waals surface area (Å²) >= 11 is 6.02. The zero-order chi connectivity index (χ0) is 14.7. The third-order valence-corrected chi connectivity index (χ3v) is 4.11. The van der Waals surface area contributed by atoms with E-state index in [1.54, 1.807) is 6.07 Å². The van der Waals surface area contributed by atoms with Gasteiger partial charge in [0.25, 0.3) is 0 Å². The highest BCUT2D eigenvalue weighted by Crippen LogP contribution is 2.35. The topological polar surface area (TPSA) is 35.9 Å². The SMILES string of the molecule is COc1cc(CN(C)CC2CCN(C)C2)cc(Cl)c1O. The number of phenols is 1. The van der Waals surface area contributed by atoms with Crippen LogP contribution in [0.1, 0.15) is 12.0 Å². The quantitative estimate of drug-likeness (QED) is 0.906. The van der Waals surface area contributed by atoms with Crippen molar-refractivity contribution in [3.8, 4) is 11.5 Å². The van der Waals surface area contributed by atoms with Gasteiger partial charge in [-0.05, 0) is 50.7 Å². The molecule has 5 heteroatoms. The fourth-order valence-corrected chi connectivity index (χ4v) is 3.10. The minimum absolute atomic E-state index is 0.0120. The molecule has 0 amide bonds. The molecule has 1 saturated heterocycles. The van der Waals surface area contributed by atoms with Gasteiger partial charge in [-0.3, -0.25) is 0 Å². The van der Waals surface area contributed by atoms with E-state index in [9.17, 15) is 5.11 Å². The van der Waals surface area contributed by atoms with Gasteiger partial charge in [-0.1, -0.05) is 11.6 Å². The summed E-state index contributed by atoms with van der Waals surface area (Å²) in [5, 5.41) is 10.1. The van der Waals surface area contributed by atoms with E-state index in [0.717, 1.165) is 24.6 Å². The third-order valence-electron chi connectivity index (χ3n) is 3.82. The Morgan fingerprint density at radius 2 is 2.25 bits per heavy atom. The lowest BCUT2D eigenvalue weighted by atomic mass is 10.1. The summed E-state index contributed by atoms with van der Waals surface area (Å²) in [5.74, 6) is 1.18. The molecule has 0 bridgehead atoms. The molecule has 1 heterocycles. The highest BCUT2D eigenvalue weighted by molar-refractivity contribution is 6.32. The highest BCUT2D eigenvalue weighted by atomic mass is 35.5. The Morgan fingerprint density at radius 1 is 1.50 bits per heavy atom. The Hall–Kier alpha value is -0.970. The molecule has 112 valence electrons. The molecule has 1 aromatic carbocycles. The molecule has 1 N–H and O–H groups in total. The van der Waals surface area contributed by atoms with Crippen molar-refractivity contribution in [2.75, 3.05) is 40.8 Å². The van der Waals surface area contributed by atoms with Gasteiger partial charge in [-0.15, -0.1) is 0 Å². The molecular weight excluding hydrogens is 276 g/mol. The van der Waals surface area contributed by atoms with Crippen LogP contribution in [0.3, 0.4) is 0 Å². The summed E-state index contributed by atoms with van der Waals surface area (Å²) in [4.78, 5) is 4.67. The molecule has 0 spiro atoms. The largest absolute Gasteiger partial charge is 0.503 e. The fourth-order valence-electron chi connectivity index (χ4n) is 2.87. The molecule has 1 aliphatic rings. The van der Waals surface area contributed by atoms with Gasteiger partial charge in [0.1, 0.15) is 0 Å². The first-order valence-corrected chi connectivity index (χ1v) is 7.30. The minimum atomic E-state index is 0.0120. The maximum absolute atomic E-state index is 9.74. The summed E-state index contributed by atoms with van der Waals surface area (Å²) in [6.45, 7) is 4.24. The first kappa shape index (κ1) is 15.4. The van der Waals surface area contributed by atoms with Gasteiger partial charge >= 0.3 is 0 Å². The molecule has 0 saturated carbocycles. The fraction of sp³-hybridized carbons (Fsp3) is 0.600. The summed E-state index contributed by atoms with van der Waals surface area (Å²) in [6, 6.07) is 3.65. The molecule has 1 unspecified atom stereocenters. The lowest BCUT2D eigenvalue weighted by Gasteiger charge is -2.21. The van der Waals surface area contributed by atoms with E-state index in [2.05, 4.69) is 23.9 Å². The number of halogens is 1. The van der Waals surface area contributed by atoms with Crippen LogP contribution in [-0.4, -0.2) is 55.7 Å². The van der Waals surface area contributed by atoms with Crippen molar-refractivity contribution in [2.45, 2.75) is 13.0 Å². The molecule has 1 atom stereocenters. The Kier molecular flexibility index (Phi) is 5.13. The average molecular weight is 299 g/mol. The summed E-state index contributed by atoms with van der Waals surface area (Å²) in [6.07, 6.45) is 1.26. The van der Waals surface area contributed by atoms with E-state index in [4.69, 9.17) is 16.3 Å². The van der Waals surface area contributed by atoms with Gasteiger partial charge in [0.2, 0.25) is 0 Å². The van der Waals surface area contributed by atoms with Crippen molar-refractivity contribution in [1.82, 2.24) is 9.80 Å². The van der Waals surface area contributed by atoms with Crippen molar-refractivity contribution >= 4 is 11.6 Å². The third kappa shape index (κ3) is 3.78. The molecule has 4 nitrogen and oxygen atoms in total. The van der Waals surface area contributed by atoms with Crippen molar-refractivity contribution in [1.29, 1.82) is 0 Å². The number of ether oxygens (including phenoxy) is 1. The monoisotopic (exact) mass is 298 g/mol. The Morgan fingerprint density at radius 3 is 2.85 bits per heavy atom. The number of phenolic OH excluding ortho intramolecular Hbond substituents is 1. The van der Waals surface area contributed by atoms with Gasteiger partial charge in [0.05, 0.1) is 12.1 Å². The number of benzene rings is 1. The molecule has 0 aromatic heterocycles. The van der Waals surface area contributed by atoms with E-state index in [-0.39, 0.29) is 5.75 Å². The number of hydrogen-bond acceptors (Lipinski definition) is 4. The lowest BCUT2D eigenvalue weighted by Crippen LogP contribution is -2.27. The molecule has 1 fully saturated rings. The zero-order valence-electron chi connectivity index (χ0n) is 12.4. The lowest BCUT2D eigenvalue weighted by molar-refractivity contribution is 0.266. The van der Waals surface area contributed by atoms with Crippen molar-refractivity contribution in [3.05, 3.63) is 22.7 Å². The van der Waals surface area contributed by atoms with Gasteiger partial charge < -0.3 is 19.6 Å². The maximum Gasteiger partial charge on any atom is 0.176 e. The van der Waals surface area contributed by atoms with Crippen LogP contribution in [-0.2, 0) is 6.54 Å². The second-order valence-corrected chi connectivity index (χ2v) is 6.15. The summed E-state index contributed by atoms with van der Waals surface area (Å²) in [5.41, 5.74) is 1.05. The van der Waals surface area contributed by atoms with Gasteiger partial charge in [-0.2, -0.15) is 0 Å². The molecular formula is C15H23ClN2O2. The Bertz CT molecular complexity index is 467. The highest BCUT2D eigenvalue weighted by Gasteiger charge is 2.21. The Balaban J connectivity index is 1.97. The second kappa shape index (κ2) is 6.66. The normalized spacial score (nSPS) is 19.8. The number of methoxy groups -OCH3 is 1. The van der Waals surface area contributed by atoms with Gasteiger partial charge in [-0.25, -0.2) is 0 Å². The van der Waals surface area contributed by atoms with Gasteiger partial charge in [0, 0.05) is 19.6 Å². The molecule has 0 aliphatic carbocycles. The van der Waals surface area contributed by atoms with Crippen LogP contribution in [0.5, 0.6) is 11.5 Å². The van der Waals surface area contributed by atoms with Crippen molar-refractivity contribution in [2.24, 2.45) is 5.92 Å². The van der Waals surface area contributed by atoms with Gasteiger partial charge in [0.15, 0.2) is 11.5 Å². The molecule has 1 aromatic rings. The number of aromatic hydroxyl groups is 1. The smallest absolute Gasteiger partial charge is 0.176 e. The second-order valence-electron chi connectivity index (χ2n) is 5.74. The number of rotatable bonds is 5. The minimum Gasteiger partial charge on any atom is -0.503 e. The van der Waals surface area contributed by atoms with E-state index >= 15 is 0 Å². The van der Waals surface area contributed by atoms with Crippen molar-refractivity contribution < 1.29 is 9.84 Å². The first-order valence-electron chi connectivity index (χ1n) is 6.92. The van der Waals surface area contributed by atoms with Crippen LogP contribution in [0.25, 0.3) is 0 Å². The predicted molar refractivity (Wildman–Crippen MR) is 81.6 cm³/mol. The van der Waals surface area contributed by atoms with E-state index in [1.165, 1.54) is 26.6 Å². The summed E-state index contributed by atoms with van der Waals surface area (Å²) < 4.78 is 5.14. The zero-order valence-corrected chi connectivity index (χ0v) is 13.2. The standard InChI is InChI=1S/C15H23ClN2O2/c1-17-5-4-11(8-17)9-18(2)10-12-6-13(16)15(19)14(7-12)20-3/h6-7,11,19H,4-5,8-10H2,1-3H3. The van der Waals surface area contributed by atoms with E-state index in [1.807, 2.05) is 6.07 Å². The van der Waals surface area contributed by atoms with E-state index in [0.29, 0.717) is 10.8 Å². The molecule has 0 radical (unpaired) electrons. The number of nitrogens with zero attached hydrogens (tertiary/aromatic N) is 2. The molecule has 2 rings (SSSR count). The van der Waals surface area contributed by atoms with Crippen LogP contribution in [0.2, 0.25) is 5.02 Å². The molecule has 20 heavy (non-hydrogen) atoms. The predicted octanol–water partition coefficient (Wildman–Crippen LogP) is 2.44. The van der Waals surface area contributed by atoms with Crippen LogP contribution in [0.15, 0.2) is 12.1 Å². The van der Waals surface area contributed by atoms with Crippen LogP contribution in [0.4, 0.5) is 0 Å². The van der Waals surface area contributed by atoms with Crippen LogP contribution >= 0.6 is 11.6 Å².